The number of carbonyl (C=O) groups excluding carboxylic acids is 3. The minimum absolute atomic E-state index is 0.0526. The van der Waals surface area contributed by atoms with Gasteiger partial charge in [0, 0.05) is 43.6 Å². The third-order valence-electron chi connectivity index (χ3n) is 7.41. The molecular weight excluding hydrogens is 553 g/mol. The molecule has 1 spiro atoms. The Labute approximate surface area is 242 Å². The van der Waals surface area contributed by atoms with Gasteiger partial charge in [-0.05, 0) is 42.0 Å². The van der Waals surface area contributed by atoms with E-state index in [-0.39, 0.29) is 24.3 Å². The Balaban J connectivity index is 1.37. The van der Waals surface area contributed by atoms with Gasteiger partial charge in [0.1, 0.15) is 17.5 Å². The highest BCUT2D eigenvalue weighted by molar-refractivity contribution is 6.42. The van der Waals surface area contributed by atoms with Crippen LogP contribution in [0.15, 0.2) is 72.8 Å². The van der Waals surface area contributed by atoms with Crippen LogP contribution < -0.4 is 10.1 Å². The number of hydrogen-bond donors (Lipinski definition) is 1. The van der Waals surface area contributed by atoms with Gasteiger partial charge in [0.2, 0.25) is 5.91 Å². The Morgan fingerprint density at radius 2 is 1.65 bits per heavy atom. The average molecular weight is 582 g/mol. The van der Waals surface area contributed by atoms with E-state index in [4.69, 9.17) is 32.7 Å². The van der Waals surface area contributed by atoms with Gasteiger partial charge in [0.15, 0.2) is 0 Å². The average Bonchev–Trinajstić information content (AvgIpc) is 3.35. The van der Waals surface area contributed by atoms with E-state index in [2.05, 4.69) is 5.32 Å². The summed E-state index contributed by atoms with van der Waals surface area (Å²) in [4.78, 5) is 43.9. The van der Waals surface area contributed by atoms with Crippen LogP contribution in [0.3, 0.4) is 0 Å². The second-order valence-electron chi connectivity index (χ2n) is 9.80. The van der Waals surface area contributed by atoms with E-state index in [1.807, 2.05) is 30.3 Å². The van der Waals surface area contributed by atoms with Gasteiger partial charge in [-0.1, -0.05) is 59.6 Å². The van der Waals surface area contributed by atoms with Crippen molar-refractivity contribution in [2.24, 2.45) is 0 Å². The van der Waals surface area contributed by atoms with Crippen LogP contribution in [0.1, 0.15) is 39.1 Å². The number of carbonyl (C=O) groups is 3. The normalized spacial score (nSPS) is 18.0. The second kappa shape index (κ2) is 11.9. The van der Waals surface area contributed by atoms with Crippen LogP contribution in [0.25, 0.3) is 0 Å². The minimum atomic E-state index is -1.04. The Morgan fingerprint density at radius 1 is 0.925 bits per heavy atom. The van der Waals surface area contributed by atoms with Crippen molar-refractivity contribution < 1.29 is 23.9 Å². The van der Waals surface area contributed by atoms with Crippen molar-refractivity contribution in [3.63, 3.8) is 0 Å². The first-order valence-electron chi connectivity index (χ1n) is 13.0. The third-order valence-corrected chi connectivity index (χ3v) is 8.15. The molecule has 3 aromatic rings. The van der Waals surface area contributed by atoms with Crippen molar-refractivity contribution in [2.75, 3.05) is 26.8 Å². The standard InChI is InChI=1S/C30H29Cl2N3O5/c1-39-23-9-5-8-21(16-23)29(38)35-26(27(36)33-18-20-6-3-2-4-7-20)19-40-30(35)12-14-34(15-13-30)28(37)22-10-11-24(31)25(32)17-22/h2-11,16-17,26H,12-15,18-19H2,1H3,(H,33,36). The minimum Gasteiger partial charge on any atom is -0.497 e. The highest BCUT2D eigenvalue weighted by Crippen LogP contribution is 2.39. The lowest BCUT2D eigenvalue weighted by Gasteiger charge is -2.44. The molecule has 2 fully saturated rings. The fraction of sp³-hybridized carbons (Fsp3) is 0.300. The maximum atomic E-state index is 14.0. The second-order valence-corrected chi connectivity index (χ2v) is 10.6. The number of piperidine rings is 1. The number of rotatable bonds is 6. The molecule has 1 atom stereocenters. The molecule has 0 saturated carbocycles. The van der Waals surface area contributed by atoms with Gasteiger partial charge in [-0.15, -0.1) is 0 Å². The lowest BCUT2D eigenvalue weighted by Crippen LogP contribution is -2.59. The summed E-state index contributed by atoms with van der Waals surface area (Å²) in [6, 6.07) is 20.3. The highest BCUT2D eigenvalue weighted by atomic mass is 35.5. The lowest BCUT2D eigenvalue weighted by atomic mass is 9.96. The largest absolute Gasteiger partial charge is 0.497 e. The molecule has 208 valence electrons. The number of methoxy groups -OCH3 is 1. The predicted octanol–water partition coefficient (Wildman–Crippen LogP) is 4.79. The summed E-state index contributed by atoms with van der Waals surface area (Å²) in [6.45, 7) is 1.05. The van der Waals surface area contributed by atoms with E-state index in [0.29, 0.717) is 59.4 Å². The highest BCUT2D eigenvalue weighted by Gasteiger charge is 2.54. The lowest BCUT2D eigenvalue weighted by molar-refractivity contribution is -0.128. The van der Waals surface area contributed by atoms with E-state index in [0.717, 1.165) is 5.56 Å². The van der Waals surface area contributed by atoms with Crippen LogP contribution in [0.5, 0.6) is 5.75 Å². The molecule has 5 rings (SSSR count). The van der Waals surface area contributed by atoms with Crippen LogP contribution in [-0.2, 0) is 16.1 Å². The first kappa shape index (κ1) is 28.0. The van der Waals surface area contributed by atoms with E-state index in [1.54, 1.807) is 52.3 Å². The van der Waals surface area contributed by atoms with E-state index >= 15 is 0 Å². The fourth-order valence-corrected chi connectivity index (χ4v) is 5.53. The smallest absolute Gasteiger partial charge is 0.257 e. The first-order valence-corrected chi connectivity index (χ1v) is 13.7. The monoisotopic (exact) mass is 581 g/mol. The number of nitrogens with zero attached hydrogens (tertiary/aromatic N) is 2. The number of amides is 3. The molecule has 10 heteroatoms. The predicted molar refractivity (Wildman–Crippen MR) is 152 cm³/mol. The summed E-state index contributed by atoms with van der Waals surface area (Å²) in [5.74, 6) is -0.284. The SMILES string of the molecule is COc1cccc(C(=O)N2C(C(=O)NCc3ccccc3)COC23CCN(C(=O)c2ccc(Cl)c(Cl)c2)CC3)c1. The van der Waals surface area contributed by atoms with E-state index in [1.165, 1.54) is 7.11 Å². The van der Waals surface area contributed by atoms with Crippen molar-refractivity contribution in [3.8, 4) is 5.75 Å². The number of hydrogen-bond acceptors (Lipinski definition) is 5. The summed E-state index contributed by atoms with van der Waals surface area (Å²) in [5, 5.41) is 3.63. The first-order chi connectivity index (χ1) is 19.3. The number of likely N-dealkylation sites (tertiary alicyclic amines) is 1. The molecule has 2 aliphatic heterocycles. The van der Waals surface area contributed by atoms with Crippen LogP contribution in [0.2, 0.25) is 10.0 Å². The molecule has 3 aromatic carbocycles. The summed E-state index contributed by atoms with van der Waals surface area (Å²) in [5.41, 5.74) is 0.729. The zero-order chi connectivity index (χ0) is 28.3. The number of halogens is 2. The summed E-state index contributed by atoms with van der Waals surface area (Å²) < 4.78 is 11.6. The van der Waals surface area contributed by atoms with Gasteiger partial charge in [0.25, 0.3) is 11.8 Å². The van der Waals surface area contributed by atoms with Crippen LogP contribution >= 0.6 is 23.2 Å². The zero-order valence-electron chi connectivity index (χ0n) is 21.9. The molecule has 2 heterocycles. The van der Waals surface area contributed by atoms with Gasteiger partial charge < -0.3 is 19.7 Å². The Kier molecular flexibility index (Phi) is 8.30. The van der Waals surface area contributed by atoms with Gasteiger partial charge in [0.05, 0.1) is 23.8 Å². The molecule has 8 nitrogen and oxygen atoms in total. The summed E-state index contributed by atoms with van der Waals surface area (Å²) >= 11 is 12.1. The maximum absolute atomic E-state index is 14.0. The Morgan fingerprint density at radius 3 is 2.35 bits per heavy atom. The fourth-order valence-electron chi connectivity index (χ4n) is 5.24. The molecule has 3 amide bonds. The maximum Gasteiger partial charge on any atom is 0.257 e. The molecule has 1 N–H and O–H groups in total. The number of ether oxygens (including phenoxy) is 2. The molecule has 2 saturated heterocycles. The third kappa shape index (κ3) is 5.66. The van der Waals surface area contributed by atoms with Crippen LogP contribution in [-0.4, -0.2) is 66.1 Å². The summed E-state index contributed by atoms with van der Waals surface area (Å²) in [6.07, 6.45) is 0.691. The number of benzene rings is 3. The number of nitrogens with one attached hydrogen (secondary N) is 1. The Bertz CT molecular complexity index is 1410. The van der Waals surface area contributed by atoms with Crippen molar-refractivity contribution in [1.29, 1.82) is 0 Å². The van der Waals surface area contributed by atoms with Crippen molar-refractivity contribution >= 4 is 40.9 Å². The molecule has 0 aromatic heterocycles. The van der Waals surface area contributed by atoms with E-state index < -0.39 is 11.8 Å². The van der Waals surface area contributed by atoms with Gasteiger partial charge in [-0.25, -0.2) is 0 Å². The molecule has 0 bridgehead atoms. The Hall–Kier alpha value is -3.59. The molecule has 1 unspecified atom stereocenters. The zero-order valence-corrected chi connectivity index (χ0v) is 23.5. The topological polar surface area (TPSA) is 88.2 Å². The molecule has 2 aliphatic rings. The molecule has 0 radical (unpaired) electrons. The summed E-state index contributed by atoms with van der Waals surface area (Å²) in [7, 11) is 1.53. The van der Waals surface area contributed by atoms with Gasteiger partial charge >= 0.3 is 0 Å². The van der Waals surface area contributed by atoms with Crippen molar-refractivity contribution in [2.45, 2.75) is 31.2 Å². The van der Waals surface area contributed by atoms with Crippen molar-refractivity contribution in [3.05, 3.63) is 99.5 Å². The molecular formula is C30H29Cl2N3O5. The van der Waals surface area contributed by atoms with E-state index in [9.17, 15) is 14.4 Å². The van der Waals surface area contributed by atoms with Crippen LogP contribution in [0, 0.1) is 0 Å². The molecule has 40 heavy (non-hydrogen) atoms. The van der Waals surface area contributed by atoms with Crippen LogP contribution in [0.4, 0.5) is 0 Å². The van der Waals surface area contributed by atoms with Gasteiger partial charge in [-0.2, -0.15) is 0 Å². The van der Waals surface area contributed by atoms with Crippen molar-refractivity contribution in [1.82, 2.24) is 15.1 Å². The quantitative estimate of drug-likeness (QED) is 0.452. The van der Waals surface area contributed by atoms with Gasteiger partial charge in [-0.3, -0.25) is 19.3 Å². The molecule has 0 aliphatic carbocycles.